The van der Waals surface area contributed by atoms with Gasteiger partial charge in [-0.3, -0.25) is 4.55 Å². The highest BCUT2D eigenvalue weighted by Gasteiger charge is 2.64. The van der Waals surface area contributed by atoms with Crippen molar-refractivity contribution < 1.29 is 17.2 Å². The van der Waals surface area contributed by atoms with Crippen LogP contribution in [0.1, 0.15) is 36.8 Å². The fraction of sp³-hybridized carbons (Fsp3) is 0.440. The van der Waals surface area contributed by atoms with Crippen LogP contribution in [-0.2, 0) is 27.5 Å². The molecule has 0 aromatic heterocycles. The third-order valence-electron chi connectivity index (χ3n) is 7.82. The van der Waals surface area contributed by atoms with Crippen molar-refractivity contribution >= 4 is 10.4 Å². The molecule has 3 fully saturated rings. The largest absolute Gasteiger partial charge is 0.399 e. The van der Waals surface area contributed by atoms with Crippen molar-refractivity contribution in [1.29, 1.82) is 0 Å². The molecule has 0 spiro atoms. The van der Waals surface area contributed by atoms with Gasteiger partial charge in [-0.15, -0.1) is 5.53 Å². The maximum Gasteiger partial charge on any atom is 0.399 e. The topological polar surface area (TPSA) is 85.3 Å². The predicted molar refractivity (Wildman–Crippen MR) is 126 cm³/mol. The van der Waals surface area contributed by atoms with Gasteiger partial charge in [-0.1, -0.05) is 60.7 Å². The van der Waals surface area contributed by atoms with Gasteiger partial charge in [0.15, 0.2) is 5.72 Å². The lowest BCUT2D eigenvalue weighted by molar-refractivity contribution is -0.329. The molecule has 0 radical (unpaired) electrons. The van der Waals surface area contributed by atoms with Crippen molar-refractivity contribution in [3.05, 3.63) is 84.1 Å². The van der Waals surface area contributed by atoms with Crippen molar-refractivity contribution in [3.63, 3.8) is 0 Å². The summed E-state index contributed by atoms with van der Waals surface area (Å²) in [5, 5.41) is 6.11. The number of hydrogen-bond acceptors (Lipinski definition) is 7. The predicted octanol–water partition coefficient (Wildman–Crippen LogP) is 3.28. The Labute approximate surface area is 200 Å². The summed E-state index contributed by atoms with van der Waals surface area (Å²) in [4.78, 5) is 0. The molecule has 3 heterocycles. The zero-order valence-electron chi connectivity index (χ0n) is 18.9. The van der Waals surface area contributed by atoms with E-state index in [9.17, 15) is 13.0 Å². The molecular weight excluding hydrogens is 452 g/mol. The summed E-state index contributed by atoms with van der Waals surface area (Å²) in [7, 11) is -4.68. The van der Waals surface area contributed by atoms with E-state index in [-0.39, 0.29) is 18.0 Å². The maximum atomic E-state index is 12.2. The van der Waals surface area contributed by atoms with E-state index in [0.29, 0.717) is 18.9 Å². The van der Waals surface area contributed by atoms with Gasteiger partial charge in [0.1, 0.15) is 0 Å². The zero-order chi connectivity index (χ0) is 23.3. The molecule has 2 N–H and O–H groups in total. The molecule has 8 nitrogen and oxygen atoms in total. The van der Waals surface area contributed by atoms with Crippen LogP contribution >= 0.6 is 0 Å². The van der Waals surface area contributed by atoms with Gasteiger partial charge < -0.3 is 0 Å². The van der Waals surface area contributed by atoms with Crippen LogP contribution in [0.4, 0.5) is 0 Å². The van der Waals surface area contributed by atoms with Crippen LogP contribution < -0.4 is 5.53 Å². The van der Waals surface area contributed by atoms with Gasteiger partial charge in [0, 0.05) is 12.7 Å². The van der Waals surface area contributed by atoms with Crippen LogP contribution in [-0.4, -0.2) is 45.9 Å². The number of benzene rings is 2. The van der Waals surface area contributed by atoms with E-state index < -0.39 is 16.1 Å². The Morgan fingerprint density at radius 1 is 1.06 bits per heavy atom. The van der Waals surface area contributed by atoms with Crippen molar-refractivity contribution in [2.75, 3.05) is 0 Å². The normalized spacial score (nSPS) is 33.1. The third-order valence-corrected chi connectivity index (χ3v) is 8.32. The second-order valence-electron chi connectivity index (χ2n) is 9.87. The first kappa shape index (κ1) is 22.2. The Morgan fingerprint density at radius 2 is 1.76 bits per heavy atom. The lowest BCUT2D eigenvalue weighted by Crippen LogP contribution is -2.81. The third kappa shape index (κ3) is 3.86. The average Bonchev–Trinajstić information content (AvgIpc) is 3.23. The smallest absolute Gasteiger partial charge is 0.263 e. The Kier molecular flexibility index (Phi) is 5.51. The average molecular weight is 483 g/mol. The number of piperidine rings is 1. The molecule has 4 aliphatic rings. The minimum atomic E-state index is -4.68. The summed E-state index contributed by atoms with van der Waals surface area (Å²) in [5.74, 6) is 0.636. The molecule has 2 aromatic rings. The first-order valence-corrected chi connectivity index (χ1v) is 13.4. The summed E-state index contributed by atoms with van der Waals surface area (Å²) < 4.78 is 39.9. The zero-order valence-corrected chi connectivity index (χ0v) is 19.7. The summed E-state index contributed by atoms with van der Waals surface area (Å²) in [6.07, 6.45) is 8.52. The molecule has 0 bridgehead atoms. The lowest BCUT2D eigenvalue weighted by atomic mass is 9.68. The van der Waals surface area contributed by atoms with Gasteiger partial charge in [0.2, 0.25) is 0 Å². The van der Waals surface area contributed by atoms with Gasteiger partial charge in [-0.25, -0.2) is 9.30 Å². The van der Waals surface area contributed by atoms with Crippen LogP contribution in [0.2, 0.25) is 0 Å². The lowest BCUT2D eigenvalue weighted by Gasteiger charge is -2.64. The number of rotatable bonds is 6. The van der Waals surface area contributed by atoms with Crippen LogP contribution in [0.25, 0.3) is 0 Å². The number of hydrogen-bond donors (Lipinski definition) is 2. The SMILES string of the molecule is O=S(=O)(O)OC12CCCC3CC(Cc4ccccc4)C4C=CN(NN1Cc1ccccc1)N4C32. The van der Waals surface area contributed by atoms with Gasteiger partial charge >= 0.3 is 10.4 Å². The molecule has 2 aromatic carbocycles. The van der Waals surface area contributed by atoms with Crippen LogP contribution in [0.3, 0.4) is 0 Å². The summed E-state index contributed by atoms with van der Waals surface area (Å²) in [6, 6.07) is 20.3. The van der Waals surface area contributed by atoms with E-state index in [1.807, 2.05) is 52.7 Å². The molecule has 180 valence electrons. The molecule has 0 amide bonds. The minimum Gasteiger partial charge on any atom is -0.263 e. The quantitative estimate of drug-likeness (QED) is 0.607. The molecule has 6 rings (SSSR count). The first-order chi connectivity index (χ1) is 16.4. The molecule has 1 aliphatic carbocycles. The Bertz CT molecular complexity index is 1160. The van der Waals surface area contributed by atoms with E-state index in [1.165, 1.54) is 5.56 Å². The standard InChI is InChI=1S/C25H30N4O4S/c30-34(31,32)33-25-14-7-12-21-17-22(16-19-8-3-1-4-9-19)23-13-15-28(29(23)24(21)25)26-27(25)18-20-10-5-2-6-11-20/h1-6,8-11,13,15,21-24,26H,7,12,14,16-18H2,(H,30,31,32). The summed E-state index contributed by atoms with van der Waals surface area (Å²) >= 11 is 0. The van der Waals surface area contributed by atoms with Crippen molar-refractivity contribution in [2.24, 2.45) is 11.8 Å². The molecular formula is C25H30N4O4S. The first-order valence-electron chi connectivity index (χ1n) is 12.0. The van der Waals surface area contributed by atoms with Crippen LogP contribution in [0.5, 0.6) is 0 Å². The van der Waals surface area contributed by atoms with Gasteiger partial charge in [-0.05, 0) is 61.1 Å². The van der Waals surface area contributed by atoms with E-state index >= 15 is 0 Å². The molecule has 2 saturated heterocycles. The molecule has 5 atom stereocenters. The second-order valence-corrected chi connectivity index (χ2v) is 10.9. The Hall–Kier alpha value is -2.27. The Morgan fingerprint density at radius 3 is 2.47 bits per heavy atom. The Balaban J connectivity index is 1.38. The maximum absolute atomic E-state index is 12.2. The molecule has 3 aliphatic heterocycles. The number of nitrogens with one attached hydrogen (secondary N) is 1. The van der Waals surface area contributed by atoms with E-state index in [1.54, 1.807) is 0 Å². The highest BCUT2D eigenvalue weighted by atomic mass is 32.3. The monoisotopic (exact) mass is 482 g/mol. The van der Waals surface area contributed by atoms with Crippen molar-refractivity contribution in [2.45, 2.75) is 56.5 Å². The second kappa shape index (κ2) is 8.44. The summed E-state index contributed by atoms with van der Waals surface area (Å²) in [5.41, 5.74) is 4.54. The fourth-order valence-electron chi connectivity index (χ4n) is 6.62. The van der Waals surface area contributed by atoms with Gasteiger partial charge in [0.25, 0.3) is 0 Å². The van der Waals surface area contributed by atoms with Crippen molar-refractivity contribution in [3.8, 4) is 0 Å². The van der Waals surface area contributed by atoms with Gasteiger partial charge in [-0.2, -0.15) is 18.4 Å². The number of hydrazine groups is 3. The van der Waals surface area contributed by atoms with Gasteiger partial charge in [0.05, 0.1) is 12.1 Å². The van der Waals surface area contributed by atoms with E-state index in [2.05, 4.69) is 40.9 Å². The van der Waals surface area contributed by atoms with Crippen LogP contribution in [0, 0.1) is 11.8 Å². The van der Waals surface area contributed by atoms with Crippen molar-refractivity contribution in [1.82, 2.24) is 20.7 Å². The number of nitrogens with zero attached hydrogens (tertiary/aromatic N) is 3. The van der Waals surface area contributed by atoms with E-state index in [0.717, 1.165) is 31.2 Å². The highest BCUT2D eigenvalue weighted by molar-refractivity contribution is 7.80. The highest BCUT2D eigenvalue weighted by Crippen LogP contribution is 2.52. The fourth-order valence-corrected chi connectivity index (χ4v) is 7.26. The molecule has 9 heteroatoms. The molecule has 5 unspecified atom stereocenters. The summed E-state index contributed by atoms with van der Waals surface area (Å²) in [6.45, 7) is 0.440. The van der Waals surface area contributed by atoms with Crippen LogP contribution in [0.15, 0.2) is 72.9 Å². The molecule has 1 saturated carbocycles. The van der Waals surface area contributed by atoms with E-state index in [4.69, 9.17) is 4.18 Å². The minimum absolute atomic E-state index is 0.121. The molecule has 34 heavy (non-hydrogen) atoms.